The molecule has 104 valence electrons. The van der Waals surface area contributed by atoms with E-state index in [4.69, 9.17) is 0 Å². The van der Waals surface area contributed by atoms with Gasteiger partial charge >= 0.3 is 5.97 Å². The minimum atomic E-state index is -0.877. The summed E-state index contributed by atoms with van der Waals surface area (Å²) in [6, 6.07) is 16.3. The summed E-state index contributed by atoms with van der Waals surface area (Å²) < 4.78 is 0.982. The van der Waals surface area contributed by atoms with Crippen molar-refractivity contribution in [2.24, 2.45) is 0 Å². The number of nitrogens with one attached hydrogen (secondary N) is 1. The minimum absolute atomic E-state index is 0.0613. The molecule has 0 aromatic heterocycles. The van der Waals surface area contributed by atoms with Crippen LogP contribution in [0.1, 0.15) is 30.1 Å². The molecule has 20 heavy (non-hydrogen) atoms. The van der Waals surface area contributed by atoms with Crippen molar-refractivity contribution < 1.29 is 9.90 Å². The van der Waals surface area contributed by atoms with E-state index < -0.39 is 12.0 Å². The van der Waals surface area contributed by atoms with Crippen molar-refractivity contribution in [2.75, 3.05) is 0 Å². The zero-order valence-electron chi connectivity index (χ0n) is 11.1. The van der Waals surface area contributed by atoms with Gasteiger partial charge < -0.3 is 5.11 Å². The van der Waals surface area contributed by atoms with Gasteiger partial charge in [-0.2, -0.15) is 0 Å². The molecule has 2 aromatic rings. The predicted molar refractivity (Wildman–Crippen MR) is 82.5 cm³/mol. The van der Waals surface area contributed by atoms with Crippen LogP contribution in [0.4, 0.5) is 0 Å². The van der Waals surface area contributed by atoms with Crippen molar-refractivity contribution >= 4 is 21.9 Å². The molecule has 2 unspecified atom stereocenters. The molecule has 2 rings (SSSR count). The molecule has 0 spiro atoms. The van der Waals surface area contributed by atoms with Gasteiger partial charge in [0.25, 0.3) is 0 Å². The lowest BCUT2D eigenvalue weighted by Gasteiger charge is -2.21. The van der Waals surface area contributed by atoms with Crippen molar-refractivity contribution in [2.45, 2.75) is 19.0 Å². The number of carboxylic acid groups (broad SMARTS) is 1. The maximum Gasteiger partial charge on any atom is 0.325 e. The van der Waals surface area contributed by atoms with Gasteiger partial charge in [-0.25, -0.2) is 0 Å². The Morgan fingerprint density at radius 2 is 1.75 bits per heavy atom. The fourth-order valence-corrected chi connectivity index (χ4v) is 2.49. The number of hydrogen-bond acceptors (Lipinski definition) is 2. The lowest BCUT2D eigenvalue weighted by Crippen LogP contribution is -2.30. The highest BCUT2D eigenvalue weighted by Crippen LogP contribution is 2.22. The summed E-state index contributed by atoms with van der Waals surface area (Å²) in [6.07, 6.45) is 0. The van der Waals surface area contributed by atoms with E-state index in [1.807, 2.05) is 61.5 Å². The first kappa shape index (κ1) is 14.8. The predicted octanol–water partition coefficient (Wildman–Crippen LogP) is 3.93. The maximum atomic E-state index is 11.5. The van der Waals surface area contributed by atoms with Gasteiger partial charge in [0.15, 0.2) is 0 Å². The van der Waals surface area contributed by atoms with Crippen molar-refractivity contribution in [3.8, 4) is 0 Å². The molecule has 0 fully saturated rings. The summed E-state index contributed by atoms with van der Waals surface area (Å²) >= 11 is 3.43. The second-order valence-electron chi connectivity index (χ2n) is 4.63. The number of hydrogen-bond donors (Lipinski definition) is 2. The molecule has 4 heteroatoms. The number of benzene rings is 2. The van der Waals surface area contributed by atoms with Crippen LogP contribution in [0.15, 0.2) is 59.1 Å². The summed E-state index contributed by atoms with van der Waals surface area (Å²) in [6.45, 7) is 1.96. The van der Waals surface area contributed by atoms with E-state index in [1.165, 1.54) is 0 Å². The molecule has 0 amide bonds. The molecule has 3 nitrogen and oxygen atoms in total. The highest BCUT2D eigenvalue weighted by atomic mass is 79.9. The van der Waals surface area contributed by atoms with Crippen LogP contribution in [0, 0.1) is 0 Å². The average Bonchev–Trinajstić information content (AvgIpc) is 2.45. The summed E-state index contributed by atoms with van der Waals surface area (Å²) in [5.41, 5.74) is 1.79. The van der Waals surface area contributed by atoms with Gasteiger partial charge in [0.2, 0.25) is 0 Å². The smallest absolute Gasteiger partial charge is 0.325 e. The Labute approximate surface area is 126 Å². The Hall–Kier alpha value is -1.65. The third-order valence-electron chi connectivity index (χ3n) is 3.15. The minimum Gasteiger partial charge on any atom is -0.480 e. The van der Waals surface area contributed by atoms with Crippen LogP contribution < -0.4 is 5.32 Å². The molecule has 0 aliphatic heterocycles. The maximum absolute atomic E-state index is 11.5. The van der Waals surface area contributed by atoms with Gasteiger partial charge in [-0.15, -0.1) is 0 Å². The van der Waals surface area contributed by atoms with Gasteiger partial charge in [-0.1, -0.05) is 58.4 Å². The molecule has 0 saturated carbocycles. The van der Waals surface area contributed by atoms with E-state index in [0.29, 0.717) is 0 Å². The van der Waals surface area contributed by atoms with Crippen LogP contribution in [-0.2, 0) is 4.79 Å². The summed E-state index contributed by atoms with van der Waals surface area (Å²) in [5, 5.41) is 12.6. The van der Waals surface area contributed by atoms with Crippen LogP contribution in [0.25, 0.3) is 0 Å². The number of carboxylic acids is 1. The van der Waals surface area contributed by atoms with Gasteiger partial charge in [-0.3, -0.25) is 10.1 Å². The molecule has 2 N–H and O–H groups in total. The first-order valence-corrected chi connectivity index (χ1v) is 7.16. The van der Waals surface area contributed by atoms with E-state index in [-0.39, 0.29) is 6.04 Å². The van der Waals surface area contributed by atoms with Crippen LogP contribution in [-0.4, -0.2) is 11.1 Å². The van der Waals surface area contributed by atoms with Crippen molar-refractivity contribution in [1.82, 2.24) is 5.32 Å². The van der Waals surface area contributed by atoms with E-state index in [9.17, 15) is 9.90 Å². The lowest BCUT2D eigenvalue weighted by molar-refractivity contribution is -0.139. The fraction of sp³-hybridized carbons (Fsp3) is 0.188. The molecule has 2 atom stereocenters. The molecule has 0 aliphatic rings. The highest BCUT2D eigenvalue weighted by Gasteiger charge is 2.21. The van der Waals surface area contributed by atoms with Gasteiger partial charge in [0, 0.05) is 10.5 Å². The Balaban J connectivity index is 2.19. The first-order valence-electron chi connectivity index (χ1n) is 6.37. The van der Waals surface area contributed by atoms with E-state index in [2.05, 4.69) is 21.2 Å². The third-order valence-corrected chi connectivity index (χ3v) is 3.64. The summed E-state index contributed by atoms with van der Waals surface area (Å²) in [4.78, 5) is 11.5. The Kier molecular flexibility index (Phi) is 4.93. The zero-order valence-corrected chi connectivity index (χ0v) is 12.7. The number of halogens is 1. The quantitative estimate of drug-likeness (QED) is 0.871. The SMILES string of the molecule is CC(NC(C(=O)O)c1ccccc1)c1cccc(Br)c1. The number of carbonyl (C=O) groups is 1. The Bertz CT molecular complexity index is 586. The van der Waals surface area contributed by atoms with Crippen molar-refractivity contribution in [1.29, 1.82) is 0 Å². The first-order chi connectivity index (χ1) is 9.58. The van der Waals surface area contributed by atoms with E-state index >= 15 is 0 Å². The highest BCUT2D eigenvalue weighted by molar-refractivity contribution is 9.10. The molecular formula is C16H16BrNO2. The molecular weight excluding hydrogens is 318 g/mol. The normalized spacial score (nSPS) is 13.7. The van der Waals surface area contributed by atoms with Crippen LogP contribution in [0.3, 0.4) is 0 Å². The second kappa shape index (κ2) is 6.68. The molecule has 0 saturated heterocycles. The van der Waals surface area contributed by atoms with Crippen molar-refractivity contribution in [3.05, 3.63) is 70.2 Å². The third kappa shape index (κ3) is 3.68. The summed E-state index contributed by atoms with van der Waals surface area (Å²) in [7, 11) is 0. The number of aliphatic carboxylic acids is 1. The second-order valence-corrected chi connectivity index (χ2v) is 5.54. The summed E-state index contributed by atoms with van der Waals surface area (Å²) in [5.74, 6) is -0.877. The van der Waals surface area contributed by atoms with Crippen LogP contribution in [0.2, 0.25) is 0 Å². The standard InChI is InChI=1S/C16H16BrNO2/c1-11(13-8-5-9-14(17)10-13)18-15(16(19)20)12-6-3-2-4-7-12/h2-11,15,18H,1H3,(H,19,20). The zero-order chi connectivity index (χ0) is 14.5. The van der Waals surface area contributed by atoms with Crippen molar-refractivity contribution in [3.63, 3.8) is 0 Å². The topological polar surface area (TPSA) is 49.3 Å². The van der Waals surface area contributed by atoms with E-state index in [1.54, 1.807) is 0 Å². The van der Waals surface area contributed by atoms with Crippen LogP contribution >= 0.6 is 15.9 Å². The monoisotopic (exact) mass is 333 g/mol. The molecule has 0 aliphatic carbocycles. The van der Waals surface area contributed by atoms with E-state index in [0.717, 1.165) is 15.6 Å². The van der Waals surface area contributed by atoms with Gasteiger partial charge in [-0.05, 0) is 30.2 Å². The molecule has 0 heterocycles. The Morgan fingerprint density at radius 3 is 2.35 bits per heavy atom. The molecule has 2 aromatic carbocycles. The van der Waals surface area contributed by atoms with Crippen LogP contribution in [0.5, 0.6) is 0 Å². The van der Waals surface area contributed by atoms with Gasteiger partial charge in [0.05, 0.1) is 0 Å². The van der Waals surface area contributed by atoms with Gasteiger partial charge in [0.1, 0.15) is 6.04 Å². The molecule has 0 bridgehead atoms. The largest absolute Gasteiger partial charge is 0.480 e. The number of rotatable bonds is 5. The fourth-order valence-electron chi connectivity index (χ4n) is 2.08. The molecule has 0 radical (unpaired) electrons. The Morgan fingerprint density at radius 1 is 1.10 bits per heavy atom. The average molecular weight is 334 g/mol. The lowest BCUT2D eigenvalue weighted by atomic mass is 10.0.